The largest absolute Gasteiger partial charge is 0.389 e. The molecule has 2 fully saturated rings. The summed E-state index contributed by atoms with van der Waals surface area (Å²) in [5, 5.41) is 17.5. The van der Waals surface area contributed by atoms with Gasteiger partial charge in [-0.2, -0.15) is 0 Å². The van der Waals surface area contributed by atoms with Crippen LogP contribution in [0.1, 0.15) is 29.5 Å². The van der Waals surface area contributed by atoms with Crippen molar-refractivity contribution in [2.75, 3.05) is 13.1 Å². The molecule has 2 heterocycles. The van der Waals surface area contributed by atoms with E-state index < -0.39 is 41.6 Å². The Hall–Kier alpha value is -3.73. The second-order valence-corrected chi connectivity index (χ2v) is 11.1. The van der Waals surface area contributed by atoms with Gasteiger partial charge in [0.25, 0.3) is 0 Å². The number of halogens is 3. The molecule has 5 atom stereocenters. The molecule has 42 heavy (non-hydrogen) atoms. The molecule has 10 heteroatoms. The maximum absolute atomic E-state index is 14.0. The number of aliphatic hydroxyl groups is 1. The molecule has 0 bridgehead atoms. The van der Waals surface area contributed by atoms with Gasteiger partial charge in [-0.3, -0.25) is 9.59 Å². The van der Waals surface area contributed by atoms with Gasteiger partial charge in [-0.1, -0.05) is 42.5 Å². The lowest BCUT2D eigenvalue weighted by Crippen LogP contribution is -2.53. The van der Waals surface area contributed by atoms with Crippen molar-refractivity contribution < 1.29 is 32.6 Å². The molecule has 0 saturated carbocycles. The van der Waals surface area contributed by atoms with Gasteiger partial charge in [0.15, 0.2) is 0 Å². The number of amides is 2. The van der Waals surface area contributed by atoms with E-state index in [1.54, 1.807) is 12.1 Å². The third-order valence-corrected chi connectivity index (χ3v) is 7.86. The first-order chi connectivity index (χ1) is 20.2. The molecule has 2 aliphatic rings. The minimum absolute atomic E-state index is 0.0124. The van der Waals surface area contributed by atoms with Crippen LogP contribution in [0, 0.1) is 23.4 Å². The van der Waals surface area contributed by atoms with Crippen LogP contribution in [0.25, 0.3) is 0 Å². The van der Waals surface area contributed by atoms with E-state index in [-0.39, 0.29) is 49.3 Å². The Morgan fingerprint density at radius 2 is 1.69 bits per heavy atom. The van der Waals surface area contributed by atoms with Crippen LogP contribution in [-0.4, -0.2) is 59.2 Å². The molecule has 5 rings (SSSR count). The molecule has 3 aromatic carbocycles. The number of hydrogen-bond acceptors (Lipinski definition) is 5. The molecule has 0 unspecified atom stereocenters. The number of hydrogen-bond donors (Lipinski definition) is 3. The fourth-order valence-corrected chi connectivity index (χ4v) is 5.64. The maximum Gasteiger partial charge on any atom is 0.225 e. The van der Waals surface area contributed by atoms with Crippen molar-refractivity contribution in [2.45, 2.75) is 56.7 Å². The second kappa shape index (κ2) is 13.5. The van der Waals surface area contributed by atoms with Crippen LogP contribution in [0.15, 0.2) is 72.8 Å². The van der Waals surface area contributed by atoms with Crippen molar-refractivity contribution in [2.24, 2.45) is 5.92 Å². The Morgan fingerprint density at radius 1 is 0.976 bits per heavy atom. The van der Waals surface area contributed by atoms with Gasteiger partial charge in [-0.25, -0.2) is 13.2 Å². The predicted octanol–water partition coefficient (Wildman–Crippen LogP) is 3.49. The molecule has 2 amide bonds. The summed E-state index contributed by atoms with van der Waals surface area (Å²) in [6.45, 7) is 1.33. The summed E-state index contributed by atoms with van der Waals surface area (Å²) in [4.78, 5) is 27.6. The molecule has 0 radical (unpaired) electrons. The van der Waals surface area contributed by atoms with Gasteiger partial charge in [0.2, 0.25) is 11.8 Å². The summed E-state index contributed by atoms with van der Waals surface area (Å²) < 4.78 is 47.2. The molecule has 222 valence electrons. The van der Waals surface area contributed by atoms with E-state index in [1.807, 2.05) is 30.3 Å². The Bertz CT molecular complexity index is 1350. The summed E-state index contributed by atoms with van der Waals surface area (Å²) in [5.41, 5.74) is 2.05. The second-order valence-electron chi connectivity index (χ2n) is 11.1. The smallest absolute Gasteiger partial charge is 0.225 e. The Labute approximate surface area is 242 Å². The van der Waals surface area contributed by atoms with E-state index in [4.69, 9.17) is 4.74 Å². The highest BCUT2D eigenvalue weighted by atomic mass is 19.1. The number of ether oxygens (including phenoxy) is 1. The fraction of sp³-hybridized carbons (Fsp3) is 0.375. The van der Waals surface area contributed by atoms with Gasteiger partial charge in [0.1, 0.15) is 17.5 Å². The molecule has 0 spiro atoms. The molecule has 0 aromatic heterocycles. The molecule has 7 nitrogen and oxygen atoms in total. The standard InChI is InChI=1S/C32H34F3N3O4/c33-24-8-6-20(7-9-24)17-38-18-23(13-30(38)39)32(41)37-29(12-22-10-25(34)14-26(35)11-22)31(40)28-15-27(16-36-28)42-19-21-4-2-1-3-5-21/h1-11,14,23,27-29,31,36,40H,12-13,15-19H2,(H,37,41)/t23-,27+,28+,29-,31+/m0/s1. The van der Waals surface area contributed by atoms with Crippen LogP contribution in [0.3, 0.4) is 0 Å². The molecule has 2 aliphatic heterocycles. The van der Waals surface area contributed by atoms with Gasteiger partial charge in [-0.15, -0.1) is 0 Å². The van der Waals surface area contributed by atoms with Crippen LogP contribution >= 0.6 is 0 Å². The minimum atomic E-state index is -1.10. The van der Waals surface area contributed by atoms with Gasteiger partial charge >= 0.3 is 0 Å². The fourth-order valence-electron chi connectivity index (χ4n) is 5.64. The van der Waals surface area contributed by atoms with Crippen LogP contribution in [0.4, 0.5) is 13.2 Å². The van der Waals surface area contributed by atoms with Crippen molar-refractivity contribution in [3.8, 4) is 0 Å². The van der Waals surface area contributed by atoms with Gasteiger partial charge in [0, 0.05) is 38.2 Å². The lowest BCUT2D eigenvalue weighted by Gasteiger charge is -2.29. The van der Waals surface area contributed by atoms with Crippen LogP contribution in [-0.2, 0) is 33.9 Å². The minimum Gasteiger partial charge on any atom is -0.389 e. The number of benzene rings is 3. The van der Waals surface area contributed by atoms with Crippen molar-refractivity contribution in [1.82, 2.24) is 15.5 Å². The van der Waals surface area contributed by atoms with E-state index >= 15 is 0 Å². The zero-order valence-corrected chi connectivity index (χ0v) is 23.0. The van der Waals surface area contributed by atoms with Gasteiger partial charge in [-0.05, 0) is 53.8 Å². The third-order valence-electron chi connectivity index (χ3n) is 7.86. The van der Waals surface area contributed by atoms with Crippen LogP contribution in [0.5, 0.6) is 0 Å². The Balaban J connectivity index is 1.24. The first kappa shape index (κ1) is 29.8. The average Bonchev–Trinajstić information content (AvgIpc) is 3.59. The zero-order valence-electron chi connectivity index (χ0n) is 23.0. The zero-order chi connectivity index (χ0) is 29.6. The van der Waals surface area contributed by atoms with E-state index in [0.717, 1.165) is 17.2 Å². The highest BCUT2D eigenvalue weighted by molar-refractivity contribution is 5.89. The topological polar surface area (TPSA) is 90.9 Å². The Kier molecular flexibility index (Phi) is 9.56. The van der Waals surface area contributed by atoms with Crippen LogP contribution in [0.2, 0.25) is 0 Å². The molecular formula is C32H34F3N3O4. The lowest BCUT2D eigenvalue weighted by molar-refractivity contribution is -0.129. The average molecular weight is 582 g/mol. The number of likely N-dealkylation sites (tertiary alicyclic amines) is 1. The van der Waals surface area contributed by atoms with E-state index in [2.05, 4.69) is 10.6 Å². The predicted molar refractivity (Wildman–Crippen MR) is 149 cm³/mol. The number of rotatable bonds is 11. The van der Waals surface area contributed by atoms with Gasteiger partial charge in [0.05, 0.1) is 30.8 Å². The molecule has 3 aromatic rings. The highest BCUT2D eigenvalue weighted by Crippen LogP contribution is 2.23. The lowest BCUT2D eigenvalue weighted by atomic mass is 9.94. The monoisotopic (exact) mass is 581 g/mol. The summed E-state index contributed by atoms with van der Waals surface area (Å²) >= 11 is 0. The number of aliphatic hydroxyl groups excluding tert-OH is 1. The Morgan fingerprint density at radius 3 is 2.40 bits per heavy atom. The summed E-state index contributed by atoms with van der Waals surface area (Å²) in [5.74, 6) is -3.19. The van der Waals surface area contributed by atoms with E-state index in [0.29, 0.717) is 19.6 Å². The molecule has 0 aliphatic carbocycles. The molecule has 3 N–H and O–H groups in total. The first-order valence-electron chi connectivity index (χ1n) is 14.1. The van der Waals surface area contributed by atoms with Crippen molar-refractivity contribution in [3.05, 3.63) is 107 Å². The summed E-state index contributed by atoms with van der Waals surface area (Å²) in [6, 6.07) is 17.3. The number of carbonyl (C=O) groups excluding carboxylic acids is 2. The summed E-state index contributed by atoms with van der Waals surface area (Å²) in [7, 11) is 0. The normalized spacial score (nSPS) is 21.9. The molecular weight excluding hydrogens is 547 g/mol. The summed E-state index contributed by atoms with van der Waals surface area (Å²) in [6.07, 6.45) is -0.819. The number of nitrogens with one attached hydrogen (secondary N) is 2. The highest BCUT2D eigenvalue weighted by Gasteiger charge is 2.39. The number of carbonyl (C=O) groups is 2. The molecule has 2 saturated heterocycles. The maximum atomic E-state index is 14.0. The van der Waals surface area contributed by atoms with Crippen molar-refractivity contribution >= 4 is 11.8 Å². The third kappa shape index (κ3) is 7.76. The van der Waals surface area contributed by atoms with E-state index in [1.165, 1.54) is 29.2 Å². The SMILES string of the molecule is O=C(N[C@@H](Cc1cc(F)cc(F)c1)[C@H](O)[C@H]1C[C@@H](OCc2ccccc2)CN1)[C@H]1CC(=O)N(Cc2ccc(F)cc2)C1. The van der Waals surface area contributed by atoms with Gasteiger partial charge < -0.3 is 25.4 Å². The van der Waals surface area contributed by atoms with E-state index in [9.17, 15) is 27.9 Å². The van der Waals surface area contributed by atoms with Crippen molar-refractivity contribution in [1.29, 1.82) is 0 Å². The number of nitrogens with zero attached hydrogens (tertiary/aromatic N) is 1. The quantitative estimate of drug-likeness (QED) is 0.323. The van der Waals surface area contributed by atoms with Crippen molar-refractivity contribution in [3.63, 3.8) is 0 Å². The first-order valence-corrected chi connectivity index (χ1v) is 14.1. The van der Waals surface area contributed by atoms with Crippen LogP contribution < -0.4 is 10.6 Å².